The second-order valence-electron chi connectivity index (χ2n) is 14.5. The Hall–Kier alpha value is -3.23. The molecule has 0 radical (unpaired) electrons. The summed E-state index contributed by atoms with van der Waals surface area (Å²) >= 11 is 0. The molecule has 7 nitrogen and oxygen atoms in total. The average Bonchev–Trinajstić information content (AvgIpc) is 3.27. The lowest BCUT2D eigenvalue weighted by Gasteiger charge is -2.41. The van der Waals surface area contributed by atoms with Crippen LogP contribution in [0.2, 0.25) is 0 Å². The fourth-order valence-corrected chi connectivity index (χ4v) is 8.26. The van der Waals surface area contributed by atoms with E-state index in [1.807, 2.05) is 31.2 Å². The zero-order valence-electron chi connectivity index (χ0n) is 27.2. The first kappa shape index (κ1) is 31.7. The molecule has 5 atom stereocenters. The smallest absolute Gasteiger partial charge is 0.315 e. The first-order valence-corrected chi connectivity index (χ1v) is 16.6. The predicted molar refractivity (Wildman–Crippen MR) is 177 cm³/mol. The standard InChI is InChI=1S/C38H49N3O4/c1-5-39-36(43)40-21-30-8-6-7-9-33(30)27-14-16-29(17-15-27)35-44-32(18-34(45-35)28-12-10-26(23-42)11-13-28)22-41-25-38(4)20-31(41)19-37(2,3)24-38/h6-17,31-32,34-35,42H,5,18-25H2,1-4H3,(H2,39,40,43). The van der Waals surface area contributed by atoms with Gasteiger partial charge in [-0.15, -0.1) is 0 Å². The minimum atomic E-state index is -0.482. The summed E-state index contributed by atoms with van der Waals surface area (Å²) in [4.78, 5) is 14.7. The van der Waals surface area contributed by atoms with E-state index >= 15 is 0 Å². The molecule has 3 N–H and O–H groups in total. The highest BCUT2D eigenvalue weighted by molar-refractivity contribution is 5.74. The SMILES string of the molecule is CCNC(=O)NCc1ccccc1-c1ccc(C2OC(CN3CC4(C)CC3CC(C)(C)C4)CC(c3ccc(CO)cc3)O2)cc1. The van der Waals surface area contributed by atoms with Crippen LogP contribution in [0.15, 0.2) is 72.8 Å². The van der Waals surface area contributed by atoms with Gasteiger partial charge in [0, 0.05) is 44.2 Å². The van der Waals surface area contributed by atoms with Crippen molar-refractivity contribution in [3.8, 4) is 11.1 Å². The summed E-state index contributed by atoms with van der Waals surface area (Å²) in [7, 11) is 0. The van der Waals surface area contributed by atoms with Gasteiger partial charge in [0.25, 0.3) is 0 Å². The molecule has 3 aromatic carbocycles. The molecule has 2 heterocycles. The van der Waals surface area contributed by atoms with Crippen LogP contribution in [0.5, 0.6) is 0 Å². The zero-order valence-corrected chi connectivity index (χ0v) is 27.2. The summed E-state index contributed by atoms with van der Waals surface area (Å²) in [6, 6.07) is 25.2. The van der Waals surface area contributed by atoms with E-state index in [1.165, 1.54) is 19.3 Å². The number of aliphatic hydroxyl groups excluding tert-OH is 1. The van der Waals surface area contributed by atoms with Crippen LogP contribution in [0.3, 0.4) is 0 Å². The van der Waals surface area contributed by atoms with E-state index in [2.05, 4.69) is 84.8 Å². The lowest BCUT2D eigenvalue weighted by Crippen LogP contribution is -2.42. The number of hydrogen-bond donors (Lipinski definition) is 3. The van der Waals surface area contributed by atoms with Gasteiger partial charge in [0.2, 0.25) is 0 Å². The van der Waals surface area contributed by atoms with Crippen LogP contribution in [0, 0.1) is 10.8 Å². The maximum atomic E-state index is 12.0. The van der Waals surface area contributed by atoms with Crippen LogP contribution >= 0.6 is 0 Å². The van der Waals surface area contributed by atoms with Crippen LogP contribution in [-0.4, -0.2) is 47.8 Å². The number of amides is 2. The number of urea groups is 1. The molecular formula is C38H49N3O4. The van der Waals surface area contributed by atoms with E-state index < -0.39 is 6.29 Å². The quantitative estimate of drug-likeness (QED) is 0.240. The second-order valence-corrected chi connectivity index (χ2v) is 14.5. The highest BCUT2D eigenvalue weighted by Gasteiger charge is 2.50. The molecule has 45 heavy (non-hydrogen) atoms. The van der Waals surface area contributed by atoms with E-state index in [-0.39, 0.29) is 24.8 Å². The summed E-state index contributed by atoms with van der Waals surface area (Å²) in [5.74, 6) is 0. The molecule has 7 heteroatoms. The summed E-state index contributed by atoms with van der Waals surface area (Å²) in [5, 5.41) is 15.3. The van der Waals surface area contributed by atoms with Gasteiger partial charge >= 0.3 is 6.03 Å². The average molecular weight is 612 g/mol. The van der Waals surface area contributed by atoms with Crippen LogP contribution in [0.25, 0.3) is 11.1 Å². The van der Waals surface area contributed by atoms with Crippen LogP contribution in [0.4, 0.5) is 4.79 Å². The fraction of sp³-hybridized carbons (Fsp3) is 0.500. The Morgan fingerprint density at radius 1 is 0.933 bits per heavy atom. The predicted octanol–water partition coefficient (Wildman–Crippen LogP) is 7.11. The van der Waals surface area contributed by atoms with Gasteiger partial charge in [0.1, 0.15) is 0 Å². The van der Waals surface area contributed by atoms with Crippen LogP contribution in [0.1, 0.15) is 88.0 Å². The molecule has 3 aliphatic rings. The number of nitrogens with one attached hydrogen (secondary N) is 2. The molecule has 3 aromatic rings. The Bertz CT molecular complexity index is 1460. The van der Waals surface area contributed by atoms with Gasteiger partial charge in [0.05, 0.1) is 18.8 Å². The third-order valence-corrected chi connectivity index (χ3v) is 9.86. The number of rotatable bonds is 9. The number of carbonyl (C=O) groups is 1. The number of likely N-dealkylation sites (tertiary alicyclic amines) is 1. The van der Waals surface area contributed by atoms with E-state index in [4.69, 9.17) is 9.47 Å². The molecule has 3 fully saturated rings. The van der Waals surface area contributed by atoms with E-state index in [0.717, 1.165) is 52.9 Å². The van der Waals surface area contributed by atoms with Crippen molar-refractivity contribution < 1.29 is 19.4 Å². The van der Waals surface area contributed by atoms with Crippen molar-refractivity contribution in [2.45, 2.75) is 91.1 Å². The number of nitrogens with zero attached hydrogens (tertiary/aromatic N) is 1. The Morgan fingerprint density at radius 2 is 1.67 bits per heavy atom. The molecule has 5 unspecified atom stereocenters. The third kappa shape index (κ3) is 7.44. The first-order valence-electron chi connectivity index (χ1n) is 16.6. The molecule has 6 rings (SSSR count). The maximum Gasteiger partial charge on any atom is 0.315 e. The molecule has 1 aliphatic carbocycles. The topological polar surface area (TPSA) is 83.1 Å². The Kier molecular flexibility index (Phi) is 9.34. The summed E-state index contributed by atoms with van der Waals surface area (Å²) in [6.07, 6.45) is 4.04. The van der Waals surface area contributed by atoms with Crippen LogP contribution < -0.4 is 10.6 Å². The van der Waals surface area contributed by atoms with Crippen LogP contribution in [-0.2, 0) is 22.6 Å². The summed E-state index contributed by atoms with van der Waals surface area (Å²) in [5.41, 5.74) is 6.98. The van der Waals surface area contributed by atoms with E-state index in [1.54, 1.807) is 0 Å². The zero-order chi connectivity index (χ0) is 31.6. The van der Waals surface area contributed by atoms with Gasteiger partial charge in [-0.3, -0.25) is 4.90 Å². The molecular weight excluding hydrogens is 562 g/mol. The number of carbonyl (C=O) groups excluding carboxylic acids is 1. The Balaban J connectivity index is 1.21. The number of ether oxygens (including phenoxy) is 2. The van der Waals surface area contributed by atoms with Crippen molar-refractivity contribution in [1.82, 2.24) is 15.5 Å². The highest BCUT2D eigenvalue weighted by Crippen LogP contribution is 2.53. The molecule has 2 saturated heterocycles. The number of fused-ring (bicyclic) bond motifs is 2. The van der Waals surface area contributed by atoms with E-state index in [0.29, 0.717) is 30.0 Å². The molecule has 0 aromatic heterocycles. The van der Waals surface area contributed by atoms with Crippen molar-refractivity contribution >= 4 is 6.03 Å². The molecule has 1 saturated carbocycles. The Labute approximate surface area is 268 Å². The van der Waals surface area contributed by atoms with Crippen molar-refractivity contribution in [3.63, 3.8) is 0 Å². The van der Waals surface area contributed by atoms with E-state index in [9.17, 15) is 9.90 Å². The minimum Gasteiger partial charge on any atom is -0.392 e. The van der Waals surface area contributed by atoms with Gasteiger partial charge in [0.15, 0.2) is 6.29 Å². The van der Waals surface area contributed by atoms with Crippen molar-refractivity contribution in [3.05, 3.63) is 95.1 Å². The number of benzene rings is 3. The van der Waals surface area contributed by atoms with Gasteiger partial charge in [-0.05, 0) is 64.8 Å². The lowest BCUT2D eigenvalue weighted by atomic mass is 9.65. The summed E-state index contributed by atoms with van der Waals surface area (Å²) in [6.45, 7) is 12.3. The molecule has 2 amide bonds. The lowest BCUT2D eigenvalue weighted by molar-refractivity contribution is -0.253. The number of aliphatic hydroxyl groups is 1. The van der Waals surface area contributed by atoms with Gasteiger partial charge in [-0.2, -0.15) is 0 Å². The second kappa shape index (κ2) is 13.2. The largest absolute Gasteiger partial charge is 0.392 e. The fourth-order valence-electron chi connectivity index (χ4n) is 8.26. The highest BCUT2D eigenvalue weighted by atomic mass is 16.7. The maximum absolute atomic E-state index is 12.0. The minimum absolute atomic E-state index is 0.0309. The first-order chi connectivity index (χ1) is 21.6. The van der Waals surface area contributed by atoms with Gasteiger partial charge < -0.3 is 25.2 Å². The normalized spacial score (nSPS) is 27.7. The van der Waals surface area contributed by atoms with Gasteiger partial charge in [-0.1, -0.05) is 93.6 Å². The molecule has 240 valence electrons. The Morgan fingerprint density at radius 3 is 2.40 bits per heavy atom. The molecule has 2 aliphatic heterocycles. The van der Waals surface area contributed by atoms with Gasteiger partial charge in [-0.25, -0.2) is 4.79 Å². The number of hydrogen-bond acceptors (Lipinski definition) is 5. The van der Waals surface area contributed by atoms with Crippen molar-refractivity contribution in [1.29, 1.82) is 0 Å². The van der Waals surface area contributed by atoms with Crippen molar-refractivity contribution in [2.75, 3.05) is 19.6 Å². The summed E-state index contributed by atoms with van der Waals surface area (Å²) < 4.78 is 13.4. The monoisotopic (exact) mass is 611 g/mol. The van der Waals surface area contributed by atoms with Crippen molar-refractivity contribution in [2.24, 2.45) is 10.8 Å². The molecule has 0 spiro atoms. The third-order valence-electron chi connectivity index (χ3n) is 9.86. The molecule has 2 bridgehead atoms.